The molecule has 2 aromatic rings. The number of hydrogen-bond acceptors (Lipinski definition) is 4. The number of fused-ring (bicyclic) bond motifs is 1. The van der Waals surface area contributed by atoms with Gasteiger partial charge in [0.1, 0.15) is 6.61 Å². The number of amides is 1. The summed E-state index contributed by atoms with van der Waals surface area (Å²) in [6, 6.07) is 1.89. The van der Waals surface area contributed by atoms with Crippen LogP contribution in [0.1, 0.15) is 18.5 Å². The van der Waals surface area contributed by atoms with E-state index >= 15 is 0 Å². The van der Waals surface area contributed by atoms with Gasteiger partial charge in [0.05, 0.1) is 24.2 Å². The van der Waals surface area contributed by atoms with Gasteiger partial charge < -0.3 is 10.1 Å². The van der Waals surface area contributed by atoms with Gasteiger partial charge in [0.15, 0.2) is 5.65 Å². The molecule has 1 saturated carbocycles. The summed E-state index contributed by atoms with van der Waals surface area (Å²) in [7, 11) is 1.85. The Kier molecular flexibility index (Phi) is 3.40. The minimum absolute atomic E-state index is 0.0978. The molecule has 2 aromatic heterocycles. The number of ether oxygens (including phenoxy) is 1. The molecular weight excluding hydrogens is 256 g/mol. The van der Waals surface area contributed by atoms with Gasteiger partial charge in [-0.3, -0.25) is 9.48 Å². The highest BCUT2D eigenvalue weighted by atomic mass is 16.5. The first kappa shape index (κ1) is 13.1. The van der Waals surface area contributed by atoms with Crippen molar-refractivity contribution in [2.24, 2.45) is 13.0 Å². The first-order valence-electron chi connectivity index (χ1n) is 6.80. The van der Waals surface area contributed by atoms with Crippen LogP contribution in [0.2, 0.25) is 0 Å². The molecule has 106 valence electrons. The summed E-state index contributed by atoms with van der Waals surface area (Å²) in [5, 5.41) is 8.05. The summed E-state index contributed by atoms with van der Waals surface area (Å²) in [5.41, 5.74) is 2.38. The summed E-state index contributed by atoms with van der Waals surface area (Å²) in [4.78, 5) is 16.1. The van der Waals surface area contributed by atoms with E-state index in [2.05, 4.69) is 15.4 Å². The number of nitrogens with zero attached hydrogens (tertiary/aromatic N) is 3. The maximum atomic E-state index is 11.8. The van der Waals surface area contributed by atoms with Gasteiger partial charge in [-0.1, -0.05) is 0 Å². The Hall–Kier alpha value is -1.95. The number of pyridine rings is 1. The summed E-state index contributed by atoms with van der Waals surface area (Å²) in [6.07, 6.45) is 4.09. The van der Waals surface area contributed by atoms with Crippen molar-refractivity contribution in [3.05, 3.63) is 18.0 Å². The molecule has 0 aromatic carbocycles. The third kappa shape index (κ3) is 2.80. The molecule has 0 unspecified atom stereocenters. The Bertz CT molecular complexity index is 646. The van der Waals surface area contributed by atoms with Gasteiger partial charge in [-0.05, 0) is 31.7 Å². The predicted molar refractivity (Wildman–Crippen MR) is 75.4 cm³/mol. The highest BCUT2D eigenvalue weighted by Crippen LogP contribution is 2.28. The SMILES string of the molecule is Cc1nn(C)c2ncc(NC(=O)COCC3CC3)cc12. The third-order valence-corrected chi connectivity index (χ3v) is 3.43. The Morgan fingerprint density at radius 1 is 1.55 bits per heavy atom. The molecule has 0 bridgehead atoms. The van der Waals surface area contributed by atoms with E-state index in [1.165, 1.54) is 12.8 Å². The lowest BCUT2D eigenvalue weighted by Crippen LogP contribution is -2.19. The molecule has 1 amide bonds. The van der Waals surface area contributed by atoms with E-state index in [0.717, 1.165) is 16.7 Å². The fourth-order valence-electron chi connectivity index (χ4n) is 2.18. The van der Waals surface area contributed by atoms with Crippen LogP contribution in [0.5, 0.6) is 0 Å². The normalized spacial score (nSPS) is 14.7. The smallest absolute Gasteiger partial charge is 0.250 e. The van der Waals surface area contributed by atoms with Crippen molar-refractivity contribution in [1.82, 2.24) is 14.8 Å². The van der Waals surface area contributed by atoms with Crippen LogP contribution in [-0.2, 0) is 16.6 Å². The van der Waals surface area contributed by atoms with E-state index in [0.29, 0.717) is 18.2 Å². The minimum atomic E-state index is -0.145. The Labute approximate surface area is 117 Å². The summed E-state index contributed by atoms with van der Waals surface area (Å²) in [6.45, 7) is 2.71. The van der Waals surface area contributed by atoms with Crippen LogP contribution in [0, 0.1) is 12.8 Å². The Morgan fingerprint density at radius 2 is 2.35 bits per heavy atom. The van der Waals surface area contributed by atoms with Crippen LogP contribution in [0.15, 0.2) is 12.3 Å². The maximum absolute atomic E-state index is 11.8. The summed E-state index contributed by atoms with van der Waals surface area (Å²) in [5.74, 6) is 0.521. The number of hydrogen-bond donors (Lipinski definition) is 1. The van der Waals surface area contributed by atoms with E-state index in [4.69, 9.17) is 4.74 Å². The van der Waals surface area contributed by atoms with Crippen LogP contribution < -0.4 is 5.32 Å². The zero-order valence-corrected chi connectivity index (χ0v) is 11.7. The van der Waals surface area contributed by atoms with Crippen molar-refractivity contribution in [1.29, 1.82) is 0 Å². The highest BCUT2D eigenvalue weighted by molar-refractivity contribution is 5.93. The lowest BCUT2D eigenvalue weighted by Gasteiger charge is -2.06. The molecule has 1 fully saturated rings. The number of carbonyl (C=O) groups is 1. The van der Waals surface area contributed by atoms with Crippen LogP contribution in [0.4, 0.5) is 5.69 Å². The van der Waals surface area contributed by atoms with Crippen LogP contribution in [0.3, 0.4) is 0 Å². The van der Waals surface area contributed by atoms with E-state index in [9.17, 15) is 4.79 Å². The number of carbonyl (C=O) groups excluding carboxylic acids is 1. The largest absolute Gasteiger partial charge is 0.371 e. The second kappa shape index (κ2) is 5.20. The van der Waals surface area contributed by atoms with Gasteiger partial charge >= 0.3 is 0 Å². The number of rotatable bonds is 5. The zero-order valence-electron chi connectivity index (χ0n) is 11.7. The van der Waals surface area contributed by atoms with Crippen LogP contribution in [0.25, 0.3) is 11.0 Å². The van der Waals surface area contributed by atoms with Gasteiger partial charge in [-0.2, -0.15) is 5.10 Å². The minimum Gasteiger partial charge on any atom is -0.371 e. The number of aromatic nitrogens is 3. The molecule has 1 aliphatic carbocycles. The quantitative estimate of drug-likeness (QED) is 0.900. The molecule has 3 rings (SSSR count). The molecular formula is C14H18N4O2. The predicted octanol–water partition coefficient (Wildman–Crippen LogP) is 1.64. The van der Waals surface area contributed by atoms with Gasteiger partial charge in [0.25, 0.3) is 0 Å². The molecule has 6 heteroatoms. The fraction of sp³-hybridized carbons (Fsp3) is 0.500. The fourth-order valence-corrected chi connectivity index (χ4v) is 2.18. The first-order valence-corrected chi connectivity index (χ1v) is 6.80. The van der Waals surface area contributed by atoms with Crippen molar-refractivity contribution >= 4 is 22.6 Å². The standard InChI is InChI=1S/C14H18N4O2/c1-9-12-5-11(6-15-14(12)18(2)17-9)16-13(19)8-20-7-10-3-4-10/h5-6,10H,3-4,7-8H2,1-2H3,(H,16,19). The molecule has 0 saturated heterocycles. The van der Waals surface area contributed by atoms with Crippen molar-refractivity contribution in [2.75, 3.05) is 18.5 Å². The second-order valence-corrected chi connectivity index (χ2v) is 5.31. The maximum Gasteiger partial charge on any atom is 0.250 e. The van der Waals surface area contributed by atoms with Crippen molar-refractivity contribution in [3.8, 4) is 0 Å². The molecule has 0 spiro atoms. The van der Waals surface area contributed by atoms with Crippen molar-refractivity contribution < 1.29 is 9.53 Å². The zero-order chi connectivity index (χ0) is 14.1. The molecule has 0 aliphatic heterocycles. The second-order valence-electron chi connectivity index (χ2n) is 5.31. The lowest BCUT2D eigenvalue weighted by molar-refractivity contribution is -0.120. The van der Waals surface area contributed by atoms with Gasteiger partial charge in [-0.25, -0.2) is 4.98 Å². The lowest BCUT2D eigenvalue weighted by atomic mass is 10.2. The van der Waals surface area contributed by atoms with Crippen molar-refractivity contribution in [3.63, 3.8) is 0 Å². The monoisotopic (exact) mass is 274 g/mol. The number of aryl methyl sites for hydroxylation is 2. The van der Waals surface area contributed by atoms with Crippen LogP contribution in [-0.4, -0.2) is 33.9 Å². The average Bonchev–Trinajstić information content (AvgIpc) is 3.18. The Balaban J connectivity index is 1.64. The summed E-state index contributed by atoms with van der Waals surface area (Å²) < 4.78 is 7.09. The molecule has 0 atom stereocenters. The highest BCUT2D eigenvalue weighted by Gasteiger charge is 2.21. The van der Waals surface area contributed by atoms with Gasteiger partial charge in [0.2, 0.25) is 5.91 Å². The van der Waals surface area contributed by atoms with E-state index in [-0.39, 0.29) is 12.5 Å². The van der Waals surface area contributed by atoms with Gasteiger partial charge in [0, 0.05) is 12.4 Å². The van der Waals surface area contributed by atoms with Crippen molar-refractivity contribution in [2.45, 2.75) is 19.8 Å². The average molecular weight is 274 g/mol. The molecule has 0 radical (unpaired) electrons. The molecule has 1 N–H and O–H groups in total. The topological polar surface area (TPSA) is 69.0 Å². The van der Waals surface area contributed by atoms with Gasteiger partial charge in [-0.15, -0.1) is 0 Å². The van der Waals surface area contributed by atoms with Crippen LogP contribution >= 0.6 is 0 Å². The first-order chi connectivity index (χ1) is 9.63. The number of anilines is 1. The molecule has 20 heavy (non-hydrogen) atoms. The summed E-state index contributed by atoms with van der Waals surface area (Å²) >= 11 is 0. The van der Waals surface area contributed by atoms with E-state index in [1.807, 2.05) is 20.0 Å². The Morgan fingerprint density at radius 3 is 3.10 bits per heavy atom. The van der Waals surface area contributed by atoms with E-state index in [1.54, 1.807) is 10.9 Å². The number of nitrogens with one attached hydrogen (secondary N) is 1. The van der Waals surface area contributed by atoms with E-state index < -0.39 is 0 Å². The molecule has 2 heterocycles. The third-order valence-electron chi connectivity index (χ3n) is 3.43. The molecule has 1 aliphatic rings. The molecule has 6 nitrogen and oxygen atoms in total.